The van der Waals surface area contributed by atoms with Crippen LogP contribution in [0.3, 0.4) is 0 Å². The maximum Gasteiger partial charge on any atom is 0.123 e. The molecule has 0 aliphatic rings. The van der Waals surface area contributed by atoms with Crippen molar-refractivity contribution < 1.29 is 24.2 Å². The number of aromatic carboxylic acids is 2. The minimum absolute atomic E-state index is 0.106. The summed E-state index contributed by atoms with van der Waals surface area (Å²) in [4.78, 5) is 26.4. The van der Waals surface area contributed by atoms with Crippen LogP contribution in [0.15, 0.2) is 48.7 Å². The molecule has 0 atom stereocenters. The van der Waals surface area contributed by atoms with E-state index in [0.717, 1.165) is 6.20 Å². The number of carbonyl (C=O) groups excluding carboxylic acids is 2. The highest BCUT2D eigenvalue weighted by atomic mass is 19.1. The number of carboxylic acids is 2. The summed E-state index contributed by atoms with van der Waals surface area (Å²) in [6, 6.07) is 9.26. The number of carbonyl (C=O) groups is 2. The molecule has 6 nitrogen and oxygen atoms in total. The Morgan fingerprint density at radius 1 is 1.00 bits per heavy atom. The highest BCUT2D eigenvalue weighted by Crippen LogP contribution is 2.29. The van der Waals surface area contributed by atoms with Crippen LogP contribution in [0.5, 0.6) is 0 Å². The fourth-order valence-electron chi connectivity index (χ4n) is 2.29. The highest BCUT2D eigenvalue weighted by Gasteiger charge is 2.11. The Morgan fingerprint density at radius 2 is 1.71 bits per heavy atom. The molecule has 1 aromatic heterocycles. The predicted molar refractivity (Wildman–Crippen MR) is 80.1 cm³/mol. The number of benzene rings is 2. The first-order chi connectivity index (χ1) is 11.5. The van der Waals surface area contributed by atoms with Crippen LogP contribution < -0.4 is 15.5 Å². The third-order valence-corrected chi connectivity index (χ3v) is 3.44. The van der Waals surface area contributed by atoms with Gasteiger partial charge in [0.15, 0.2) is 0 Å². The van der Waals surface area contributed by atoms with Crippen molar-refractivity contribution in [1.29, 1.82) is 0 Å². The molecule has 7 heteroatoms. The number of halogens is 1. The van der Waals surface area contributed by atoms with Crippen molar-refractivity contribution >= 4 is 34.2 Å². The minimum atomic E-state index is -1.48. The van der Waals surface area contributed by atoms with Gasteiger partial charge in [-0.2, -0.15) is 0 Å². The highest BCUT2D eigenvalue weighted by molar-refractivity contribution is 6.06. The molecular formula is C17H9FN2O4-2. The third kappa shape index (κ3) is 2.87. The van der Waals surface area contributed by atoms with Crippen molar-refractivity contribution in [1.82, 2.24) is 4.98 Å². The molecule has 0 saturated carbocycles. The average molecular weight is 324 g/mol. The van der Waals surface area contributed by atoms with Gasteiger partial charge < -0.3 is 25.1 Å². The zero-order valence-corrected chi connectivity index (χ0v) is 12.1. The van der Waals surface area contributed by atoms with E-state index in [1.165, 1.54) is 42.5 Å². The summed E-state index contributed by atoms with van der Waals surface area (Å²) < 4.78 is 13.0. The fraction of sp³-hybridized carbons (Fsp3) is 0. The van der Waals surface area contributed by atoms with Crippen LogP contribution in [0.25, 0.3) is 10.9 Å². The first-order valence-electron chi connectivity index (χ1n) is 6.84. The van der Waals surface area contributed by atoms with Gasteiger partial charge in [0.1, 0.15) is 5.82 Å². The molecule has 2 aromatic carbocycles. The Morgan fingerprint density at radius 3 is 2.33 bits per heavy atom. The number of aromatic nitrogens is 1. The van der Waals surface area contributed by atoms with Crippen LogP contribution in [0, 0.1) is 5.82 Å². The van der Waals surface area contributed by atoms with Crippen molar-refractivity contribution in [3.8, 4) is 0 Å². The molecular weight excluding hydrogens is 315 g/mol. The Labute approximate surface area is 135 Å². The topological polar surface area (TPSA) is 105 Å². The second-order valence-electron chi connectivity index (χ2n) is 4.99. The van der Waals surface area contributed by atoms with Crippen LogP contribution in [-0.4, -0.2) is 16.9 Å². The van der Waals surface area contributed by atoms with Crippen LogP contribution in [0.2, 0.25) is 0 Å². The van der Waals surface area contributed by atoms with E-state index in [1.54, 1.807) is 0 Å². The molecule has 3 rings (SSSR count). The Hall–Kier alpha value is -3.48. The summed E-state index contributed by atoms with van der Waals surface area (Å²) in [7, 11) is 0. The lowest BCUT2D eigenvalue weighted by Crippen LogP contribution is -2.24. The van der Waals surface area contributed by atoms with Crippen molar-refractivity contribution in [2.24, 2.45) is 0 Å². The molecule has 0 spiro atoms. The van der Waals surface area contributed by atoms with Crippen molar-refractivity contribution in [3.05, 3.63) is 65.6 Å². The summed E-state index contributed by atoms with van der Waals surface area (Å²) in [6.07, 6.45) is 1.11. The minimum Gasteiger partial charge on any atom is -0.545 e. The van der Waals surface area contributed by atoms with Gasteiger partial charge in [0, 0.05) is 22.8 Å². The quantitative estimate of drug-likeness (QED) is 0.762. The molecule has 0 aliphatic carbocycles. The number of nitrogens with one attached hydrogen (secondary N) is 1. The second-order valence-corrected chi connectivity index (χ2v) is 4.99. The van der Waals surface area contributed by atoms with E-state index in [1.807, 2.05) is 0 Å². The zero-order chi connectivity index (χ0) is 17.3. The largest absolute Gasteiger partial charge is 0.545 e. The Bertz CT molecular complexity index is 949. The molecule has 0 radical (unpaired) electrons. The van der Waals surface area contributed by atoms with Crippen LogP contribution in [0.4, 0.5) is 15.8 Å². The zero-order valence-electron chi connectivity index (χ0n) is 12.1. The van der Waals surface area contributed by atoms with E-state index in [9.17, 15) is 24.2 Å². The van der Waals surface area contributed by atoms with Gasteiger partial charge in [-0.05, 0) is 42.0 Å². The second kappa shape index (κ2) is 5.96. The van der Waals surface area contributed by atoms with Crippen LogP contribution in [-0.2, 0) is 0 Å². The van der Waals surface area contributed by atoms with E-state index in [4.69, 9.17) is 0 Å². The van der Waals surface area contributed by atoms with E-state index in [0.29, 0.717) is 11.2 Å². The Balaban J connectivity index is 2.22. The summed E-state index contributed by atoms with van der Waals surface area (Å²) in [5.74, 6) is -3.32. The number of anilines is 2. The number of hydrogen-bond donors (Lipinski definition) is 1. The summed E-state index contributed by atoms with van der Waals surface area (Å²) in [5.41, 5.74) is 0.541. The number of pyridine rings is 1. The maximum atomic E-state index is 13.0. The van der Waals surface area contributed by atoms with E-state index in [-0.39, 0.29) is 22.2 Å². The molecule has 3 aromatic rings. The fourth-order valence-corrected chi connectivity index (χ4v) is 2.29. The van der Waals surface area contributed by atoms with Crippen molar-refractivity contribution in [2.75, 3.05) is 5.32 Å². The number of carboxylic acid groups (broad SMARTS) is 2. The van der Waals surface area contributed by atoms with Gasteiger partial charge in [0.25, 0.3) is 0 Å². The van der Waals surface area contributed by atoms with Crippen molar-refractivity contribution in [3.63, 3.8) is 0 Å². The molecule has 1 N–H and O–H groups in total. The molecule has 0 aliphatic heterocycles. The summed E-state index contributed by atoms with van der Waals surface area (Å²) in [6.45, 7) is 0. The lowest BCUT2D eigenvalue weighted by molar-refractivity contribution is -0.256. The Kier molecular flexibility index (Phi) is 3.83. The molecule has 24 heavy (non-hydrogen) atoms. The lowest BCUT2D eigenvalue weighted by Gasteiger charge is -2.16. The van der Waals surface area contributed by atoms with E-state index < -0.39 is 17.8 Å². The van der Waals surface area contributed by atoms with Gasteiger partial charge in [-0.1, -0.05) is 6.07 Å². The maximum absolute atomic E-state index is 13.0. The SMILES string of the molecule is O=C([O-])c1ccc2ncc(C(=O)[O-])c(Nc3ccc(F)cc3)c2c1. The first-order valence-corrected chi connectivity index (χ1v) is 6.84. The van der Waals surface area contributed by atoms with Crippen LogP contribution in [0.1, 0.15) is 20.7 Å². The third-order valence-electron chi connectivity index (χ3n) is 3.44. The van der Waals surface area contributed by atoms with Crippen LogP contribution >= 0.6 is 0 Å². The van der Waals surface area contributed by atoms with Crippen molar-refractivity contribution in [2.45, 2.75) is 0 Å². The number of nitrogens with zero attached hydrogens (tertiary/aromatic N) is 1. The molecule has 0 saturated heterocycles. The average Bonchev–Trinajstić information content (AvgIpc) is 2.56. The van der Waals surface area contributed by atoms with Gasteiger partial charge in [-0.15, -0.1) is 0 Å². The summed E-state index contributed by atoms with van der Waals surface area (Å²) in [5, 5.41) is 25.5. The van der Waals surface area contributed by atoms with Gasteiger partial charge in [-0.3, -0.25) is 4.98 Å². The monoisotopic (exact) mass is 324 g/mol. The normalized spacial score (nSPS) is 10.5. The summed E-state index contributed by atoms with van der Waals surface area (Å²) >= 11 is 0. The molecule has 0 unspecified atom stereocenters. The number of fused-ring (bicyclic) bond motifs is 1. The first kappa shape index (κ1) is 15.4. The predicted octanol–water partition coefficient (Wildman–Crippen LogP) is 0.844. The molecule has 0 amide bonds. The molecule has 120 valence electrons. The van der Waals surface area contributed by atoms with Gasteiger partial charge in [0.2, 0.25) is 0 Å². The molecule has 0 fully saturated rings. The molecule has 1 heterocycles. The van der Waals surface area contributed by atoms with E-state index in [2.05, 4.69) is 10.3 Å². The van der Waals surface area contributed by atoms with E-state index >= 15 is 0 Å². The molecule has 0 bridgehead atoms. The van der Waals surface area contributed by atoms with Gasteiger partial charge in [-0.25, -0.2) is 4.39 Å². The number of rotatable bonds is 4. The smallest absolute Gasteiger partial charge is 0.123 e. The number of hydrogen-bond acceptors (Lipinski definition) is 6. The van der Waals surface area contributed by atoms with Gasteiger partial charge in [0.05, 0.1) is 23.1 Å². The standard InChI is InChI=1S/C17H11FN2O4/c18-10-2-4-11(5-3-10)20-15-12-7-9(16(21)22)1-6-14(12)19-8-13(15)17(23)24/h1-8H,(H,19,20)(H,21,22)(H,23,24)/p-2. The lowest BCUT2D eigenvalue weighted by atomic mass is 10.1. The van der Waals surface area contributed by atoms with Gasteiger partial charge >= 0.3 is 0 Å².